The molecule has 418 valence electrons. The van der Waals surface area contributed by atoms with Crippen molar-refractivity contribution >= 4 is 35.2 Å². The Morgan fingerprint density at radius 1 is 0.878 bits per heavy atom. The molecule has 0 radical (unpaired) electrons. The van der Waals surface area contributed by atoms with Gasteiger partial charge in [-0.15, -0.1) is 0 Å². The molecule has 16 atom stereocenters. The van der Waals surface area contributed by atoms with Crippen molar-refractivity contribution in [1.82, 2.24) is 4.90 Å². The van der Waals surface area contributed by atoms with Crippen LogP contribution in [0.5, 0.6) is 0 Å². The summed E-state index contributed by atoms with van der Waals surface area (Å²) < 4.78 is 29.8. The summed E-state index contributed by atoms with van der Waals surface area (Å²) in [5.41, 5.74) is -0.472. The molecule has 0 aromatic rings. The van der Waals surface area contributed by atoms with E-state index in [0.29, 0.717) is 51.4 Å². The van der Waals surface area contributed by atoms with Gasteiger partial charge in [0.25, 0.3) is 11.7 Å². The van der Waals surface area contributed by atoms with Gasteiger partial charge in [-0.1, -0.05) is 71.1 Å². The first-order valence-electron chi connectivity index (χ1n) is 26.6. The molecule has 0 aromatic carbocycles. The van der Waals surface area contributed by atoms with Gasteiger partial charge in [0.15, 0.2) is 0 Å². The van der Waals surface area contributed by atoms with Crippen molar-refractivity contribution in [2.75, 3.05) is 40.6 Å². The molecule has 1 amide bonds. The fourth-order valence-corrected chi connectivity index (χ4v) is 10.7. The maximum Gasteiger partial charge on any atom is 0.329 e. The number of aliphatic hydroxyl groups is 6. The zero-order valence-electron chi connectivity index (χ0n) is 45.4. The average Bonchev–Trinajstić information content (AvgIpc) is 3.39. The number of aliphatic hydroxyl groups excluding tert-OH is 5. The number of carbonyl (C=O) groups is 6. The Morgan fingerprint density at radius 2 is 1.57 bits per heavy atom. The van der Waals surface area contributed by atoms with Gasteiger partial charge in [0.2, 0.25) is 5.79 Å². The molecule has 4 rings (SSSR count). The number of piperidine rings is 1. The van der Waals surface area contributed by atoms with Crippen LogP contribution in [0.2, 0.25) is 0 Å². The van der Waals surface area contributed by atoms with Crippen LogP contribution in [0.15, 0.2) is 47.6 Å². The van der Waals surface area contributed by atoms with Crippen LogP contribution in [0.1, 0.15) is 126 Å². The fraction of sp³-hybridized carbons (Fsp3) is 0.750. The number of allylic oxidation sites excluding steroid dienone is 5. The number of hydrogen-bond acceptors (Lipinski definition) is 17. The fourth-order valence-electron chi connectivity index (χ4n) is 10.7. The van der Waals surface area contributed by atoms with Gasteiger partial charge in [0, 0.05) is 57.3 Å². The van der Waals surface area contributed by atoms with E-state index in [9.17, 15) is 59.4 Å². The average molecular weight is 1050 g/mol. The molecule has 2 saturated heterocycles. The van der Waals surface area contributed by atoms with Crippen molar-refractivity contribution < 1.29 is 83.1 Å². The molecule has 3 fully saturated rings. The molecule has 18 heteroatoms. The van der Waals surface area contributed by atoms with E-state index in [0.717, 1.165) is 10.5 Å². The lowest BCUT2D eigenvalue weighted by Gasteiger charge is -2.42. The number of fused-ring (bicyclic) bond motifs is 3. The smallest absolute Gasteiger partial charge is 0.329 e. The highest BCUT2D eigenvalue weighted by Crippen LogP contribution is 2.38. The first-order chi connectivity index (χ1) is 34.9. The molecule has 74 heavy (non-hydrogen) atoms. The molecule has 0 spiro atoms. The van der Waals surface area contributed by atoms with Gasteiger partial charge in [0.1, 0.15) is 35.2 Å². The van der Waals surface area contributed by atoms with E-state index in [1.54, 1.807) is 45.1 Å². The highest BCUT2D eigenvalue weighted by Gasteiger charge is 2.53. The Hall–Kier alpha value is -3.98. The molecule has 16 unspecified atom stereocenters. The summed E-state index contributed by atoms with van der Waals surface area (Å²) in [5, 5.41) is 64.7. The van der Waals surface area contributed by atoms with E-state index in [4.69, 9.17) is 23.7 Å². The van der Waals surface area contributed by atoms with Crippen molar-refractivity contribution in [2.24, 2.45) is 46.8 Å². The molecule has 0 aromatic heterocycles. The predicted molar refractivity (Wildman–Crippen MR) is 272 cm³/mol. The van der Waals surface area contributed by atoms with Gasteiger partial charge in [0.05, 0.1) is 56.3 Å². The summed E-state index contributed by atoms with van der Waals surface area (Å²) in [5.74, 6) is -12.3. The third-order valence-electron chi connectivity index (χ3n) is 16.3. The lowest BCUT2D eigenvalue weighted by molar-refractivity contribution is -0.265. The zero-order valence-corrected chi connectivity index (χ0v) is 45.4. The number of Topliss-reactive ketones (excluding diaryl/α,β-unsaturated/α-hetero) is 3. The van der Waals surface area contributed by atoms with E-state index in [1.165, 1.54) is 41.1 Å². The number of ether oxygens (including phenoxy) is 5. The van der Waals surface area contributed by atoms with Gasteiger partial charge >= 0.3 is 11.9 Å². The molecule has 3 aliphatic heterocycles. The molecule has 3 heterocycles. The van der Waals surface area contributed by atoms with Crippen molar-refractivity contribution in [3.63, 3.8) is 0 Å². The number of rotatable bonds is 10. The van der Waals surface area contributed by atoms with Crippen LogP contribution in [0.3, 0.4) is 0 Å². The van der Waals surface area contributed by atoms with Gasteiger partial charge in [-0.25, -0.2) is 4.79 Å². The van der Waals surface area contributed by atoms with Crippen molar-refractivity contribution in [2.45, 2.75) is 181 Å². The summed E-state index contributed by atoms with van der Waals surface area (Å²) in [4.78, 5) is 85.4. The molecule has 2 bridgehead atoms. The minimum atomic E-state index is -2.50. The number of ketones is 3. The predicted octanol–water partition coefficient (Wildman–Crippen LogP) is 4.29. The van der Waals surface area contributed by atoms with Gasteiger partial charge < -0.3 is 59.2 Å². The first kappa shape index (κ1) is 62.6. The number of nitrogens with zero attached hydrogens (tertiary/aromatic N) is 1. The van der Waals surface area contributed by atoms with Crippen LogP contribution in [0.25, 0.3) is 0 Å². The minimum absolute atomic E-state index is 0.0230. The van der Waals surface area contributed by atoms with E-state index >= 15 is 0 Å². The number of methoxy groups -OCH3 is 2. The van der Waals surface area contributed by atoms with E-state index in [-0.39, 0.29) is 43.1 Å². The normalized spacial score (nSPS) is 38.1. The number of cyclic esters (lactones) is 1. The quantitative estimate of drug-likeness (QED) is 0.101. The summed E-state index contributed by atoms with van der Waals surface area (Å²) in [7, 11) is 3.02. The lowest BCUT2D eigenvalue weighted by atomic mass is 9.78. The van der Waals surface area contributed by atoms with Crippen molar-refractivity contribution in [3.05, 3.63) is 47.6 Å². The van der Waals surface area contributed by atoms with E-state index in [2.05, 4.69) is 0 Å². The topological polar surface area (TPSA) is 273 Å². The van der Waals surface area contributed by atoms with Crippen LogP contribution >= 0.6 is 0 Å². The Morgan fingerprint density at radius 3 is 2.20 bits per heavy atom. The second kappa shape index (κ2) is 28.4. The van der Waals surface area contributed by atoms with Gasteiger partial charge in [-0.2, -0.15) is 0 Å². The highest BCUT2D eigenvalue weighted by molar-refractivity contribution is 6.39. The summed E-state index contributed by atoms with van der Waals surface area (Å²) in [6.07, 6.45) is 7.85. The second-order valence-electron chi connectivity index (χ2n) is 22.0. The molecule has 6 N–H and O–H groups in total. The van der Waals surface area contributed by atoms with Crippen LogP contribution in [0.4, 0.5) is 0 Å². The number of carbonyl (C=O) groups excluding carboxylic acids is 6. The van der Waals surface area contributed by atoms with Crippen LogP contribution in [0, 0.1) is 46.8 Å². The summed E-state index contributed by atoms with van der Waals surface area (Å²) >= 11 is 0. The SMILES string of the molecule is COC1CC2CCC(C)C(O)(O2)C(=O)C(=O)N2CCCCC2C(=O)OC(C(C)CC2CCC(OC(=O)C(C)(CO)CO)C(OC)C2)CC(=O)C(C)/C=C(\C)C(O)C(CO)C(=O)C(C)C(O)C(C)/C=C/C=C/C=C/1C. The van der Waals surface area contributed by atoms with Gasteiger partial charge in [-0.3, -0.25) is 24.0 Å². The third-order valence-corrected chi connectivity index (χ3v) is 16.3. The molecule has 1 aliphatic carbocycles. The molecule has 4 aliphatic rings. The maximum atomic E-state index is 14.5. The standard InChI is InChI=1S/C56H87NO17/c1-32-16-12-11-13-17-33(2)48(62)38(7)50(64)41(29-58)49(63)36(5)24-34(3)43(61)28-46(35(4)25-39-20-22-44(47(26-39)71-10)73-54(68)55(8,30-59)31-60)72-53(67)42-18-14-15-23-57(42)52(66)51(65)56(69)37(6)19-21-40(74-56)27-45(32)70-9/h11-13,16-17,24,33-35,37-42,44-49,58-60,62-63,69H,14-15,18-23,25-31H2,1-10H3/b12-11+,17-13+,32-16+,36-24+. The molecular formula is C56H87NO17. The maximum absolute atomic E-state index is 14.5. The number of esters is 2. The van der Waals surface area contributed by atoms with E-state index < -0.39 is 145 Å². The van der Waals surface area contributed by atoms with Crippen molar-refractivity contribution in [3.8, 4) is 0 Å². The van der Waals surface area contributed by atoms with Crippen LogP contribution in [-0.2, 0) is 52.5 Å². The molecule has 18 nitrogen and oxygen atoms in total. The van der Waals surface area contributed by atoms with Crippen LogP contribution < -0.4 is 0 Å². The van der Waals surface area contributed by atoms with Gasteiger partial charge in [-0.05, 0) is 102 Å². The monoisotopic (exact) mass is 1050 g/mol. The number of amides is 1. The minimum Gasteiger partial charge on any atom is -0.460 e. The largest absolute Gasteiger partial charge is 0.460 e. The lowest BCUT2D eigenvalue weighted by Crippen LogP contribution is -2.61. The molecule has 1 saturated carbocycles. The second-order valence-corrected chi connectivity index (χ2v) is 22.0. The zero-order chi connectivity index (χ0) is 55.2. The molecular weight excluding hydrogens is 959 g/mol. The Bertz CT molecular complexity index is 2050. The Balaban J connectivity index is 1.71. The summed E-state index contributed by atoms with van der Waals surface area (Å²) in [6.45, 7) is 11.2. The van der Waals surface area contributed by atoms with Crippen molar-refractivity contribution in [1.29, 1.82) is 0 Å². The highest BCUT2D eigenvalue weighted by atomic mass is 16.6. The third kappa shape index (κ3) is 15.6. The summed E-state index contributed by atoms with van der Waals surface area (Å²) in [6, 6.07) is -1.23. The van der Waals surface area contributed by atoms with E-state index in [1.807, 2.05) is 19.9 Å². The number of hydrogen-bond donors (Lipinski definition) is 6. The van der Waals surface area contributed by atoms with Crippen LogP contribution in [-0.4, -0.2) is 166 Å². The Kier molecular flexibility index (Phi) is 24.0. The first-order valence-corrected chi connectivity index (χ1v) is 26.6. The Labute approximate surface area is 437 Å².